The van der Waals surface area contributed by atoms with E-state index >= 15 is 0 Å². The second kappa shape index (κ2) is 6.51. The molecule has 0 saturated heterocycles. The van der Waals surface area contributed by atoms with Crippen molar-refractivity contribution in [1.82, 2.24) is 0 Å². The maximum Gasteiger partial charge on any atom is 0.303 e. The number of aliphatic carboxylic acids is 1. The van der Waals surface area contributed by atoms with Gasteiger partial charge in [-0.15, -0.1) is 0 Å². The third-order valence-electron chi connectivity index (χ3n) is 2.88. The number of carbonyl (C=O) groups is 3. The largest absolute Gasteiger partial charge is 0.481 e. The predicted molar refractivity (Wildman–Crippen MR) is 74.6 cm³/mol. The van der Waals surface area contributed by atoms with Gasteiger partial charge in [-0.25, -0.2) is 0 Å². The van der Waals surface area contributed by atoms with Crippen molar-refractivity contribution in [2.75, 3.05) is 4.90 Å². The van der Waals surface area contributed by atoms with E-state index in [0.29, 0.717) is 23.5 Å². The molecule has 0 fully saturated rings. The fourth-order valence-corrected chi connectivity index (χ4v) is 1.82. The molecule has 0 spiro atoms. The number of carboxylic acid groups (broad SMARTS) is 1. The predicted octanol–water partition coefficient (Wildman–Crippen LogP) is 2.62. The Bertz CT molecular complexity index is 631. The molecule has 108 valence electrons. The van der Waals surface area contributed by atoms with Crippen LogP contribution >= 0.6 is 0 Å². The Morgan fingerprint density at radius 1 is 1.14 bits per heavy atom. The molecule has 0 unspecified atom stereocenters. The molecule has 1 aromatic carbocycles. The number of furan rings is 1. The summed E-state index contributed by atoms with van der Waals surface area (Å²) in [6, 6.07) is 9.61. The number of hydrogen-bond acceptors (Lipinski definition) is 4. The average molecular weight is 287 g/mol. The van der Waals surface area contributed by atoms with Crippen molar-refractivity contribution in [3.8, 4) is 0 Å². The molecule has 0 aliphatic rings. The van der Waals surface area contributed by atoms with Gasteiger partial charge in [0.25, 0.3) is 0 Å². The monoisotopic (exact) mass is 287 g/mol. The van der Waals surface area contributed by atoms with Crippen molar-refractivity contribution in [2.24, 2.45) is 0 Å². The van der Waals surface area contributed by atoms with Gasteiger partial charge in [0.15, 0.2) is 5.78 Å². The van der Waals surface area contributed by atoms with E-state index in [-0.39, 0.29) is 18.6 Å². The topological polar surface area (TPSA) is 87.8 Å². The van der Waals surface area contributed by atoms with Gasteiger partial charge in [0, 0.05) is 18.1 Å². The summed E-state index contributed by atoms with van der Waals surface area (Å²) in [4.78, 5) is 34.6. The summed E-state index contributed by atoms with van der Waals surface area (Å²) in [7, 11) is 0. The second-order valence-corrected chi connectivity index (χ2v) is 4.29. The van der Waals surface area contributed by atoms with Crippen LogP contribution in [0.25, 0.3) is 0 Å². The Hall–Kier alpha value is -2.89. The number of benzene rings is 1. The molecule has 0 aliphatic carbocycles. The molecule has 6 nitrogen and oxygen atoms in total. The summed E-state index contributed by atoms with van der Waals surface area (Å²) >= 11 is 0. The first kappa shape index (κ1) is 14.5. The van der Waals surface area contributed by atoms with E-state index in [1.54, 1.807) is 36.4 Å². The third kappa shape index (κ3) is 3.56. The first-order chi connectivity index (χ1) is 10.1. The highest BCUT2D eigenvalue weighted by Crippen LogP contribution is 2.24. The number of Topliss-reactive ketones (excluding diaryl/α,β-unsaturated/α-hetero) is 1. The Kier molecular flexibility index (Phi) is 4.50. The molecular formula is C15H13NO5. The van der Waals surface area contributed by atoms with E-state index in [1.165, 1.54) is 11.2 Å². The minimum Gasteiger partial charge on any atom is -0.481 e. The first-order valence-corrected chi connectivity index (χ1v) is 6.25. The van der Waals surface area contributed by atoms with Crippen LogP contribution in [0.5, 0.6) is 0 Å². The lowest BCUT2D eigenvalue weighted by atomic mass is 10.1. The standard InChI is InChI=1S/C15H13NO5/c17-10-16(14-2-1-9-21-14)12-5-3-11(4-6-12)13(18)7-8-15(19)20/h1-6,9-10H,7-8H2,(H,19,20). The number of anilines is 2. The number of nitrogens with zero attached hydrogens (tertiary/aromatic N) is 1. The van der Waals surface area contributed by atoms with Gasteiger partial charge in [0.1, 0.15) is 0 Å². The minimum absolute atomic E-state index is 0.0513. The highest BCUT2D eigenvalue weighted by atomic mass is 16.4. The van der Waals surface area contributed by atoms with Gasteiger partial charge in [0.05, 0.1) is 18.4 Å². The van der Waals surface area contributed by atoms with Crippen molar-refractivity contribution >= 4 is 29.7 Å². The van der Waals surface area contributed by atoms with Crippen LogP contribution in [0.1, 0.15) is 23.2 Å². The summed E-state index contributed by atoms with van der Waals surface area (Å²) in [5.74, 6) is -0.889. The molecule has 0 bridgehead atoms. The number of rotatable bonds is 7. The van der Waals surface area contributed by atoms with Crippen LogP contribution in [0, 0.1) is 0 Å². The molecule has 1 aromatic heterocycles. The zero-order valence-electron chi connectivity index (χ0n) is 11.1. The van der Waals surface area contributed by atoms with Crippen molar-refractivity contribution < 1.29 is 23.9 Å². The fraction of sp³-hybridized carbons (Fsp3) is 0.133. The highest BCUT2D eigenvalue weighted by Gasteiger charge is 2.12. The van der Waals surface area contributed by atoms with E-state index in [1.807, 2.05) is 0 Å². The zero-order chi connectivity index (χ0) is 15.2. The molecule has 1 amide bonds. The van der Waals surface area contributed by atoms with E-state index in [9.17, 15) is 14.4 Å². The summed E-state index contributed by atoms with van der Waals surface area (Å²) in [6.07, 6.45) is 1.81. The molecule has 0 atom stereocenters. The van der Waals surface area contributed by atoms with E-state index < -0.39 is 5.97 Å². The van der Waals surface area contributed by atoms with Crippen LogP contribution < -0.4 is 4.90 Å². The third-order valence-corrected chi connectivity index (χ3v) is 2.88. The molecule has 2 aromatic rings. The number of ketones is 1. The quantitative estimate of drug-likeness (QED) is 0.624. The van der Waals surface area contributed by atoms with Crippen LogP contribution in [0.4, 0.5) is 11.6 Å². The normalized spacial score (nSPS) is 10.1. The lowest BCUT2D eigenvalue weighted by Crippen LogP contribution is -2.13. The van der Waals surface area contributed by atoms with Crippen LogP contribution in [-0.4, -0.2) is 23.3 Å². The lowest BCUT2D eigenvalue weighted by molar-refractivity contribution is -0.136. The van der Waals surface area contributed by atoms with Gasteiger partial charge in [-0.05, 0) is 30.3 Å². The Balaban J connectivity index is 2.13. The minimum atomic E-state index is -1.01. The second-order valence-electron chi connectivity index (χ2n) is 4.29. The molecule has 1 heterocycles. The van der Waals surface area contributed by atoms with Gasteiger partial charge >= 0.3 is 5.97 Å². The Labute approximate surface area is 120 Å². The van der Waals surface area contributed by atoms with Gasteiger partial charge < -0.3 is 9.52 Å². The summed E-state index contributed by atoms with van der Waals surface area (Å²) in [5, 5.41) is 8.56. The van der Waals surface area contributed by atoms with Crippen LogP contribution in [-0.2, 0) is 9.59 Å². The van der Waals surface area contributed by atoms with E-state index in [4.69, 9.17) is 9.52 Å². The van der Waals surface area contributed by atoms with Crippen LogP contribution in [0.2, 0.25) is 0 Å². The first-order valence-electron chi connectivity index (χ1n) is 6.25. The average Bonchev–Trinajstić information content (AvgIpc) is 3.00. The molecule has 6 heteroatoms. The molecular weight excluding hydrogens is 274 g/mol. The summed E-state index contributed by atoms with van der Waals surface area (Å²) in [6.45, 7) is 0. The molecule has 0 aliphatic heterocycles. The van der Waals surface area contributed by atoms with Crippen LogP contribution in [0.3, 0.4) is 0 Å². The maximum atomic E-state index is 11.8. The van der Waals surface area contributed by atoms with Crippen molar-refractivity contribution in [3.05, 3.63) is 48.2 Å². The number of hydrogen-bond donors (Lipinski definition) is 1. The molecule has 2 rings (SSSR count). The van der Waals surface area contributed by atoms with Crippen molar-refractivity contribution in [1.29, 1.82) is 0 Å². The van der Waals surface area contributed by atoms with E-state index in [2.05, 4.69) is 0 Å². The Morgan fingerprint density at radius 2 is 1.86 bits per heavy atom. The van der Waals surface area contributed by atoms with E-state index in [0.717, 1.165) is 0 Å². The Morgan fingerprint density at radius 3 is 2.38 bits per heavy atom. The molecule has 21 heavy (non-hydrogen) atoms. The van der Waals surface area contributed by atoms with Crippen molar-refractivity contribution in [3.63, 3.8) is 0 Å². The molecule has 0 saturated carbocycles. The molecule has 1 N–H and O–H groups in total. The number of carbonyl (C=O) groups excluding carboxylic acids is 2. The number of amides is 1. The molecule has 0 radical (unpaired) electrons. The SMILES string of the molecule is O=CN(c1ccc(C(=O)CCC(=O)O)cc1)c1ccco1. The zero-order valence-corrected chi connectivity index (χ0v) is 11.1. The van der Waals surface area contributed by atoms with Gasteiger partial charge in [-0.1, -0.05) is 0 Å². The lowest BCUT2D eigenvalue weighted by Gasteiger charge is -2.14. The van der Waals surface area contributed by atoms with Gasteiger partial charge in [0.2, 0.25) is 12.3 Å². The fourth-order valence-electron chi connectivity index (χ4n) is 1.82. The van der Waals surface area contributed by atoms with Gasteiger partial charge in [-0.2, -0.15) is 0 Å². The smallest absolute Gasteiger partial charge is 0.303 e. The highest BCUT2D eigenvalue weighted by molar-refractivity contribution is 5.98. The maximum absolute atomic E-state index is 11.8. The van der Waals surface area contributed by atoms with Gasteiger partial charge in [-0.3, -0.25) is 19.3 Å². The van der Waals surface area contributed by atoms with Crippen molar-refractivity contribution in [2.45, 2.75) is 12.8 Å². The summed E-state index contributed by atoms with van der Waals surface area (Å²) < 4.78 is 5.15. The van der Waals surface area contributed by atoms with Crippen LogP contribution in [0.15, 0.2) is 47.1 Å². The number of carboxylic acids is 1. The summed E-state index contributed by atoms with van der Waals surface area (Å²) in [5.41, 5.74) is 0.958.